The molecule has 2 bridgehead atoms. The highest BCUT2D eigenvalue weighted by Gasteiger charge is 2.60. The SMILES string of the molecule is C=C1C(C)(C)[C@H]2CC[C@]1(C(=O)N/N=C/c1ccc(O)cc1O)C2. The van der Waals surface area contributed by atoms with Crippen molar-refractivity contribution < 1.29 is 15.0 Å². The van der Waals surface area contributed by atoms with Crippen molar-refractivity contribution in [3.05, 3.63) is 35.9 Å². The van der Waals surface area contributed by atoms with E-state index in [2.05, 4.69) is 31.0 Å². The molecule has 0 aliphatic heterocycles. The number of phenols is 2. The van der Waals surface area contributed by atoms with E-state index in [0.29, 0.717) is 11.5 Å². The predicted octanol–water partition coefficient (Wildman–Crippen LogP) is 2.93. The Morgan fingerprint density at radius 2 is 2.17 bits per heavy atom. The summed E-state index contributed by atoms with van der Waals surface area (Å²) in [7, 11) is 0. The normalized spacial score (nSPS) is 28.4. The van der Waals surface area contributed by atoms with E-state index in [0.717, 1.165) is 24.8 Å². The summed E-state index contributed by atoms with van der Waals surface area (Å²) in [5.41, 5.74) is 3.51. The van der Waals surface area contributed by atoms with Crippen LogP contribution in [0.3, 0.4) is 0 Å². The first-order valence-electron chi connectivity index (χ1n) is 7.83. The summed E-state index contributed by atoms with van der Waals surface area (Å²) in [6.45, 7) is 8.51. The molecule has 0 saturated heterocycles. The zero-order chi connectivity index (χ0) is 16.8. The highest BCUT2D eigenvalue weighted by Crippen LogP contribution is 2.65. The molecule has 1 aromatic carbocycles. The molecule has 2 saturated carbocycles. The number of benzene rings is 1. The van der Waals surface area contributed by atoms with E-state index >= 15 is 0 Å². The number of carbonyl (C=O) groups is 1. The lowest BCUT2D eigenvalue weighted by molar-refractivity contribution is -0.128. The number of hydrogen-bond acceptors (Lipinski definition) is 4. The quantitative estimate of drug-likeness (QED) is 0.456. The molecule has 2 atom stereocenters. The van der Waals surface area contributed by atoms with Crippen molar-refractivity contribution in [2.45, 2.75) is 33.1 Å². The smallest absolute Gasteiger partial charge is 0.250 e. The minimum Gasteiger partial charge on any atom is -0.508 e. The number of nitrogens with zero attached hydrogens (tertiary/aromatic N) is 1. The highest BCUT2D eigenvalue weighted by atomic mass is 16.3. The van der Waals surface area contributed by atoms with Crippen LogP contribution in [-0.2, 0) is 4.79 Å². The molecule has 3 rings (SSSR count). The third-order valence-electron chi connectivity index (χ3n) is 5.71. The molecule has 0 radical (unpaired) electrons. The monoisotopic (exact) mass is 314 g/mol. The molecule has 1 aromatic rings. The molecule has 23 heavy (non-hydrogen) atoms. The number of aromatic hydroxyl groups is 2. The summed E-state index contributed by atoms with van der Waals surface area (Å²) in [5, 5.41) is 22.9. The minimum absolute atomic E-state index is 0.00543. The second kappa shape index (κ2) is 5.11. The van der Waals surface area contributed by atoms with Gasteiger partial charge in [0.1, 0.15) is 11.5 Å². The first kappa shape index (κ1) is 15.6. The molecule has 0 spiro atoms. The number of phenolic OH excluding ortho intramolecular Hbond substituents is 2. The van der Waals surface area contributed by atoms with Gasteiger partial charge in [-0.25, -0.2) is 5.43 Å². The number of fused-ring (bicyclic) bond motifs is 2. The van der Waals surface area contributed by atoms with E-state index in [1.807, 2.05) is 0 Å². The summed E-state index contributed by atoms with van der Waals surface area (Å²) >= 11 is 0. The second-order valence-electron chi connectivity index (χ2n) is 7.16. The van der Waals surface area contributed by atoms with Crippen molar-refractivity contribution >= 4 is 12.1 Å². The predicted molar refractivity (Wildman–Crippen MR) is 88.2 cm³/mol. The van der Waals surface area contributed by atoms with Gasteiger partial charge in [0.25, 0.3) is 0 Å². The van der Waals surface area contributed by atoms with Gasteiger partial charge in [-0.3, -0.25) is 4.79 Å². The number of hydrazone groups is 1. The fraction of sp³-hybridized carbons (Fsp3) is 0.444. The summed E-state index contributed by atoms with van der Waals surface area (Å²) in [6.07, 6.45) is 4.08. The summed E-state index contributed by atoms with van der Waals surface area (Å²) in [5.74, 6) is 0.272. The Labute approximate surface area is 135 Å². The third kappa shape index (κ3) is 2.31. The lowest BCUT2D eigenvalue weighted by atomic mass is 9.68. The Hall–Kier alpha value is -2.30. The lowest BCUT2D eigenvalue weighted by Gasteiger charge is -2.36. The Morgan fingerprint density at radius 3 is 2.78 bits per heavy atom. The molecule has 2 aliphatic rings. The van der Waals surface area contributed by atoms with Crippen molar-refractivity contribution in [1.82, 2.24) is 5.43 Å². The largest absolute Gasteiger partial charge is 0.508 e. The van der Waals surface area contributed by atoms with Crippen LogP contribution in [0.2, 0.25) is 0 Å². The molecule has 2 fully saturated rings. The molecule has 122 valence electrons. The van der Waals surface area contributed by atoms with Gasteiger partial charge in [-0.15, -0.1) is 0 Å². The molecular formula is C18H22N2O3. The van der Waals surface area contributed by atoms with Crippen molar-refractivity contribution in [2.75, 3.05) is 0 Å². The van der Waals surface area contributed by atoms with E-state index in [1.54, 1.807) is 0 Å². The van der Waals surface area contributed by atoms with Gasteiger partial charge < -0.3 is 10.2 Å². The van der Waals surface area contributed by atoms with Crippen LogP contribution in [0.1, 0.15) is 38.7 Å². The summed E-state index contributed by atoms with van der Waals surface area (Å²) < 4.78 is 0. The van der Waals surface area contributed by atoms with Crippen LogP contribution >= 0.6 is 0 Å². The van der Waals surface area contributed by atoms with Gasteiger partial charge in [-0.2, -0.15) is 5.10 Å². The number of rotatable bonds is 3. The molecule has 5 heteroatoms. The third-order valence-corrected chi connectivity index (χ3v) is 5.71. The first-order chi connectivity index (χ1) is 10.8. The standard InChI is InChI=1S/C18H22N2O3/c1-11-17(2,3)13-6-7-18(11,9-13)16(23)20-19-10-12-4-5-14(21)8-15(12)22/h4-5,8,10,13,21-22H,1,6-7,9H2,2-3H3,(H,20,23)/b19-10+/t13-,18-/m0/s1. The Kier molecular flexibility index (Phi) is 3.47. The second-order valence-corrected chi connectivity index (χ2v) is 7.16. The van der Waals surface area contributed by atoms with Gasteiger partial charge in [0, 0.05) is 11.6 Å². The molecule has 0 unspecified atom stereocenters. The van der Waals surface area contributed by atoms with Gasteiger partial charge in [0.2, 0.25) is 5.91 Å². The highest BCUT2D eigenvalue weighted by molar-refractivity contribution is 5.89. The van der Waals surface area contributed by atoms with Gasteiger partial charge in [-0.1, -0.05) is 26.0 Å². The molecule has 0 heterocycles. The number of nitrogens with one attached hydrogen (secondary N) is 1. The average molecular weight is 314 g/mol. The number of amides is 1. The number of hydrogen-bond donors (Lipinski definition) is 3. The van der Waals surface area contributed by atoms with Crippen LogP contribution in [0.5, 0.6) is 11.5 Å². The topological polar surface area (TPSA) is 81.9 Å². The molecule has 3 N–H and O–H groups in total. The molecule has 5 nitrogen and oxygen atoms in total. The molecular weight excluding hydrogens is 292 g/mol. The van der Waals surface area contributed by atoms with E-state index in [1.165, 1.54) is 24.4 Å². The minimum atomic E-state index is -0.511. The van der Waals surface area contributed by atoms with Crippen LogP contribution in [0, 0.1) is 16.7 Å². The van der Waals surface area contributed by atoms with Gasteiger partial charge in [-0.05, 0) is 42.7 Å². The zero-order valence-electron chi connectivity index (χ0n) is 13.5. The van der Waals surface area contributed by atoms with E-state index in [9.17, 15) is 15.0 Å². The van der Waals surface area contributed by atoms with Gasteiger partial charge >= 0.3 is 0 Å². The molecule has 0 aromatic heterocycles. The van der Waals surface area contributed by atoms with Crippen molar-refractivity contribution in [2.24, 2.45) is 21.8 Å². The van der Waals surface area contributed by atoms with Crippen LogP contribution in [0.15, 0.2) is 35.5 Å². The van der Waals surface area contributed by atoms with Crippen LogP contribution in [0.25, 0.3) is 0 Å². The Morgan fingerprint density at radius 1 is 1.43 bits per heavy atom. The van der Waals surface area contributed by atoms with E-state index < -0.39 is 5.41 Å². The molecule has 2 aliphatic carbocycles. The van der Waals surface area contributed by atoms with Crippen molar-refractivity contribution in [3.63, 3.8) is 0 Å². The maximum atomic E-state index is 12.7. The van der Waals surface area contributed by atoms with Gasteiger partial charge in [0.05, 0.1) is 11.6 Å². The fourth-order valence-electron chi connectivity index (χ4n) is 4.05. The van der Waals surface area contributed by atoms with Crippen molar-refractivity contribution in [1.29, 1.82) is 0 Å². The average Bonchev–Trinajstić information content (AvgIpc) is 3.01. The van der Waals surface area contributed by atoms with E-state index in [-0.39, 0.29) is 22.8 Å². The first-order valence-corrected chi connectivity index (χ1v) is 7.83. The summed E-state index contributed by atoms with van der Waals surface area (Å²) in [6, 6.07) is 4.21. The van der Waals surface area contributed by atoms with Crippen molar-refractivity contribution in [3.8, 4) is 11.5 Å². The summed E-state index contributed by atoms with van der Waals surface area (Å²) in [4.78, 5) is 12.7. The van der Waals surface area contributed by atoms with Crippen LogP contribution in [0.4, 0.5) is 0 Å². The Balaban J connectivity index is 1.73. The maximum Gasteiger partial charge on any atom is 0.250 e. The number of carbonyl (C=O) groups excluding carboxylic acids is 1. The van der Waals surface area contributed by atoms with Crippen LogP contribution < -0.4 is 5.43 Å². The Bertz CT molecular complexity index is 708. The van der Waals surface area contributed by atoms with Crippen LogP contribution in [-0.4, -0.2) is 22.3 Å². The lowest BCUT2D eigenvalue weighted by Crippen LogP contribution is -2.39. The zero-order valence-corrected chi connectivity index (χ0v) is 13.5. The maximum absolute atomic E-state index is 12.7. The fourth-order valence-corrected chi connectivity index (χ4v) is 4.05. The van der Waals surface area contributed by atoms with Gasteiger partial charge in [0.15, 0.2) is 0 Å². The van der Waals surface area contributed by atoms with E-state index in [4.69, 9.17) is 0 Å². The molecule has 1 amide bonds.